The number of nitrogens with two attached hydrogens (primary N) is 1. The smallest absolute Gasteiger partial charge is 0.254 e. The second kappa shape index (κ2) is 11.3. The van der Waals surface area contributed by atoms with Gasteiger partial charge in [-0.25, -0.2) is 0 Å². The number of nitrogens with zero attached hydrogens (tertiary/aromatic N) is 1. The Morgan fingerprint density at radius 1 is 1.26 bits per heavy atom. The molecule has 0 spiro atoms. The van der Waals surface area contributed by atoms with Gasteiger partial charge in [0.1, 0.15) is 12.0 Å². The summed E-state index contributed by atoms with van der Waals surface area (Å²) in [5.74, 6) is 1.27. The molecule has 0 saturated carbocycles. The van der Waals surface area contributed by atoms with E-state index in [0.717, 1.165) is 18.0 Å². The highest BCUT2D eigenvalue weighted by Crippen LogP contribution is 2.18. The summed E-state index contributed by atoms with van der Waals surface area (Å²) in [7, 11) is 0. The van der Waals surface area contributed by atoms with Gasteiger partial charge >= 0.3 is 0 Å². The van der Waals surface area contributed by atoms with Crippen LogP contribution in [0.2, 0.25) is 0 Å². The SMILES string of the molecule is CC1CCCN(Cc2ccc(CNC(=O)c3coc(CN)c3)cc2)C1.Cl.Cl. The fraction of sp³-hybridized carbons (Fsp3) is 0.450. The number of piperidine rings is 1. The summed E-state index contributed by atoms with van der Waals surface area (Å²) < 4.78 is 5.19. The summed E-state index contributed by atoms with van der Waals surface area (Å²) in [5.41, 5.74) is 8.41. The van der Waals surface area contributed by atoms with Crippen molar-refractivity contribution in [3.63, 3.8) is 0 Å². The van der Waals surface area contributed by atoms with E-state index in [4.69, 9.17) is 10.2 Å². The number of rotatable bonds is 6. The first-order valence-corrected chi connectivity index (χ1v) is 9.00. The highest BCUT2D eigenvalue weighted by Gasteiger charge is 2.16. The minimum atomic E-state index is -0.144. The van der Waals surface area contributed by atoms with Crippen LogP contribution in [0.1, 0.15) is 47.0 Å². The summed E-state index contributed by atoms with van der Waals surface area (Å²) in [5, 5.41) is 2.91. The average molecular weight is 414 g/mol. The maximum Gasteiger partial charge on any atom is 0.254 e. The van der Waals surface area contributed by atoms with Crippen LogP contribution in [-0.2, 0) is 19.6 Å². The summed E-state index contributed by atoms with van der Waals surface area (Å²) >= 11 is 0. The third-order valence-corrected chi connectivity index (χ3v) is 4.74. The first-order valence-electron chi connectivity index (χ1n) is 9.00. The Morgan fingerprint density at radius 2 is 1.96 bits per heavy atom. The second-order valence-corrected chi connectivity index (χ2v) is 6.99. The van der Waals surface area contributed by atoms with Gasteiger partial charge in [0.25, 0.3) is 5.91 Å². The van der Waals surface area contributed by atoms with Crippen LogP contribution in [-0.4, -0.2) is 23.9 Å². The predicted octanol–water partition coefficient (Wildman–Crippen LogP) is 3.74. The lowest BCUT2D eigenvalue weighted by atomic mass is 9.99. The Morgan fingerprint density at radius 3 is 2.59 bits per heavy atom. The number of benzene rings is 1. The van der Waals surface area contributed by atoms with E-state index in [2.05, 4.69) is 41.4 Å². The Kier molecular flexibility index (Phi) is 9.88. The van der Waals surface area contributed by atoms with Crippen molar-refractivity contribution in [2.45, 2.75) is 39.4 Å². The van der Waals surface area contributed by atoms with Crippen LogP contribution in [0.15, 0.2) is 41.0 Å². The van der Waals surface area contributed by atoms with E-state index in [0.29, 0.717) is 24.4 Å². The van der Waals surface area contributed by atoms with Crippen LogP contribution in [0, 0.1) is 5.92 Å². The predicted molar refractivity (Wildman–Crippen MR) is 112 cm³/mol. The standard InChI is InChI=1S/C20H27N3O2.2ClH/c1-15-3-2-8-23(12-15)13-17-6-4-16(5-7-17)11-22-20(24)18-9-19(10-21)25-14-18;;/h4-7,9,14-15H,2-3,8,10-13,21H2,1H3,(H,22,24);2*1H. The average Bonchev–Trinajstić information content (AvgIpc) is 3.10. The van der Waals surface area contributed by atoms with Gasteiger partial charge in [0.15, 0.2) is 0 Å². The molecule has 1 fully saturated rings. The van der Waals surface area contributed by atoms with E-state index in [1.54, 1.807) is 6.07 Å². The Hall–Kier alpha value is -1.53. The minimum absolute atomic E-state index is 0. The minimum Gasteiger partial charge on any atom is -0.467 e. The molecular weight excluding hydrogens is 385 g/mol. The van der Waals surface area contributed by atoms with Gasteiger partial charge in [-0.15, -0.1) is 24.8 Å². The number of hydrogen-bond donors (Lipinski definition) is 2. The number of amides is 1. The highest BCUT2D eigenvalue weighted by molar-refractivity contribution is 5.93. The number of carbonyl (C=O) groups is 1. The summed E-state index contributed by atoms with van der Waals surface area (Å²) in [6.07, 6.45) is 4.09. The molecule has 1 aliphatic heterocycles. The first kappa shape index (κ1) is 23.5. The third-order valence-electron chi connectivity index (χ3n) is 4.74. The molecular formula is C20H29Cl2N3O2. The van der Waals surface area contributed by atoms with Crippen molar-refractivity contribution >= 4 is 30.7 Å². The van der Waals surface area contributed by atoms with Crippen molar-refractivity contribution in [2.75, 3.05) is 13.1 Å². The molecule has 1 aliphatic rings. The Bertz CT molecular complexity index is 704. The largest absolute Gasteiger partial charge is 0.467 e. The summed E-state index contributed by atoms with van der Waals surface area (Å²) in [6, 6.07) is 10.2. The van der Waals surface area contributed by atoms with Crippen LogP contribution >= 0.6 is 24.8 Å². The number of halogens is 2. The molecule has 2 heterocycles. The topological polar surface area (TPSA) is 71.5 Å². The maximum atomic E-state index is 12.1. The van der Waals surface area contributed by atoms with Crippen molar-refractivity contribution in [3.05, 3.63) is 59.0 Å². The monoisotopic (exact) mass is 413 g/mol. The molecule has 3 N–H and O–H groups in total. The van der Waals surface area contributed by atoms with Crippen molar-refractivity contribution in [1.82, 2.24) is 10.2 Å². The number of hydrogen-bond acceptors (Lipinski definition) is 4. The van der Waals surface area contributed by atoms with E-state index in [1.807, 2.05) is 0 Å². The van der Waals surface area contributed by atoms with Crippen LogP contribution < -0.4 is 11.1 Å². The maximum absolute atomic E-state index is 12.1. The van der Waals surface area contributed by atoms with Crippen LogP contribution in [0.3, 0.4) is 0 Å². The van der Waals surface area contributed by atoms with Crippen molar-refractivity contribution in [2.24, 2.45) is 11.7 Å². The van der Waals surface area contributed by atoms with Gasteiger partial charge in [-0.2, -0.15) is 0 Å². The highest BCUT2D eigenvalue weighted by atomic mass is 35.5. The molecule has 7 heteroatoms. The lowest BCUT2D eigenvalue weighted by molar-refractivity contribution is 0.0950. The molecule has 1 aromatic heterocycles. The van der Waals surface area contributed by atoms with Crippen molar-refractivity contribution in [3.8, 4) is 0 Å². The molecule has 150 valence electrons. The molecule has 1 amide bonds. The molecule has 27 heavy (non-hydrogen) atoms. The Balaban J connectivity index is 0.00000182. The fourth-order valence-corrected chi connectivity index (χ4v) is 3.34. The second-order valence-electron chi connectivity index (χ2n) is 6.99. The van der Waals surface area contributed by atoms with Gasteiger partial charge in [-0.3, -0.25) is 9.69 Å². The quantitative estimate of drug-likeness (QED) is 0.756. The van der Waals surface area contributed by atoms with Gasteiger partial charge < -0.3 is 15.5 Å². The molecule has 1 saturated heterocycles. The molecule has 0 radical (unpaired) electrons. The van der Waals surface area contributed by atoms with Crippen LogP contribution in [0.25, 0.3) is 0 Å². The van der Waals surface area contributed by atoms with Crippen LogP contribution in [0.4, 0.5) is 0 Å². The van der Waals surface area contributed by atoms with E-state index < -0.39 is 0 Å². The Labute approximate surface area is 173 Å². The van der Waals surface area contributed by atoms with E-state index in [9.17, 15) is 4.79 Å². The van der Waals surface area contributed by atoms with Gasteiger partial charge in [0.2, 0.25) is 0 Å². The van der Waals surface area contributed by atoms with E-state index in [1.165, 1.54) is 37.8 Å². The normalized spacial score (nSPS) is 16.9. The molecule has 2 aromatic rings. The molecule has 0 aliphatic carbocycles. The molecule has 1 atom stereocenters. The molecule has 0 bridgehead atoms. The fourth-order valence-electron chi connectivity index (χ4n) is 3.34. The van der Waals surface area contributed by atoms with Crippen molar-refractivity contribution in [1.29, 1.82) is 0 Å². The summed E-state index contributed by atoms with van der Waals surface area (Å²) in [4.78, 5) is 14.6. The van der Waals surface area contributed by atoms with E-state index in [-0.39, 0.29) is 30.7 Å². The molecule has 5 nitrogen and oxygen atoms in total. The van der Waals surface area contributed by atoms with Gasteiger partial charge in [0, 0.05) is 19.6 Å². The molecule has 1 unspecified atom stereocenters. The van der Waals surface area contributed by atoms with Crippen molar-refractivity contribution < 1.29 is 9.21 Å². The number of likely N-dealkylation sites (tertiary alicyclic amines) is 1. The lowest BCUT2D eigenvalue weighted by Crippen LogP contribution is -2.33. The van der Waals surface area contributed by atoms with Gasteiger partial charge in [-0.1, -0.05) is 31.2 Å². The molecule has 3 rings (SSSR count). The zero-order valence-electron chi connectivity index (χ0n) is 15.6. The lowest BCUT2D eigenvalue weighted by Gasteiger charge is -2.30. The summed E-state index contributed by atoms with van der Waals surface area (Å²) in [6.45, 7) is 6.51. The van der Waals surface area contributed by atoms with Crippen LogP contribution in [0.5, 0.6) is 0 Å². The number of nitrogens with one attached hydrogen (secondary N) is 1. The first-order chi connectivity index (χ1) is 12.1. The zero-order chi connectivity index (χ0) is 17.6. The third kappa shape index (κ3) is 6.85. The van der Waals surface area contributed by atoms with E-state index >= 15 is 0 Å². The zero-order valence-corrected chi connectivity index (χ0v) is 17.3. The van der Waals surface area contributed by atoms with Gasteiger partial charge in [-0.05, 0) is 42.5 Å². The molecule has 1 aromatic carbocycles. The number of carbonyl (C=O) groups excluding carboxylic acids is 1. The number of furan rings is 1. The van der Waals surface area contributed by atoms with Gasteiger partial charge in [0.05, 0.1) is 12.1 Å².